The van der Waals surface area contributed by atoms with Gasteiger partial charge in [0.05, 0.1) is 20.2 Å². The van der Waals surface area contributed by atoms with Crippen molar-refractivity contribution < 1.29 is 37.6 Å². The summed E-state index contributed by atoms with van der Waals surface area (Å²) in [5.41, 5.74) is -0.620. The molecule has 0 spiro atoms. The molecule has 1 aliphatic rings. The fraction of sp³-hybridized carbons (Fsp3) is 0.467. The first kappa shape index (κ1) is 31.2. The fourth-order valence-corrected chi connectivity index (χ4v) is 5.03. The first-order valence-electron chi connectivity index (χ1n) is 13.8. The SMILES string of the molecule is CCc1nccn1CCOc1cc(CN2CCN(C(=O)COC)CC(O)(COc3cc(F)cc(F)c3)C2)ccc1OC. The van der Waals surface area contributed by atoms with Crippen molar-refractivity contribution in [2.24, 2.45) is 0 Å². The number of aryl methyl sites for hydroxylation is 1. The minimum atomic E-state index is -1.53. The summed E-state index contributed by atoms with van der Waals surface area (Å²) in [6.45, 7) is 4.05. The summed E-state index contributed by atoms with van der Waals surface area (Å²) >= 11 is 0. The zero-order chi connectivity index (χ0) is 30.1. The number of imidazole rings is 1. The lowest BCUT2D eigenvalue weighted by molar-refractivity contribution is -0.138. The van der Waals surface area contributed by atoms with Crippen LogP contribution in [0.1, 0.15) is 18.3 Å². The normalized spacial score (nSPS) is 17.6. The van der Waals surface area contributed by atoms with Gasteiger partial charge in [-0.05, 0) is 17.7 Å². The van der Waals surface area contributed by atoms with E-state index >= 15 is 0 Å². The van der Waals surface area contributed by atoms with Gasteiger partial charge in [-0.15, -0.1) is 0 Å². The minimum absolute atomic E-state index is 0.0333. The average molecular weight is 589 g/mol. The molecule has 12 heteroatoms. The molecule has 0 radical (unpaired) electrons. The van der Waals surface area contributed by atoms with Crippen molar-refractivity contribution in [3.8, 4) is 17.2 Å². The van der Waals surface area contributed by atoms with E-state index in [9.17, 15) is 18.7 Å². The number of carbonyl (C=O) groups is 1. The summed E-state index contributed by atoms with van der Waals surface area (Å²) < 4.78 is 51.7. The van der Waals surface area contributed by atoms with E-state index in [1.165, 1.54) is 12.0 Å². The lowest BCUT2D eigenvalue weighted by Crippen LogP contribution is -2.52. The number of methoxy groups -OCH3 is 2. The number of carbonyl (C=O) groups excluding carboxylic acids is 1. The molecule has 1 atom stereocenters. The van der Waals surface area contributed by atoms with Crippen LogP contribution in [-0.2, 0) is 29.0 Å². The first-order chi connectivity index (χ1) is 20.2. The Kier molecular flexibility index (Phi) is 10.7. The topological polar surface area (TPSA) is 98.5 Å². The molecule has 0 bridgehead atoms. The van der Waals surface area contributed by atoms with Gasteiger partial charge in [0, 0.05) is 70.3 Å². The van der Waals surface area contributed by atoms with Crippen molar-refractivity contribution in [1.29, 1.82) is 0 Å². The quantitative estimate of drug-likeness (QED) is 0.326. The summed E-state index contributed by atoms with van der Waals surface area (Å²) in [6.07, 6.45) is 4.52. The van der Waals surface area contributed by atoms with E-state index < -0.39 is 17.2 Å². The summed E-state index contributed by atoms with van der Waals surface area (Å²) in [5.74, 6) is 0.266. The Morgan fingerprint density at radius 2 is 1.83 bits per heavy atom. The van der Waals surface area contributed by atoms with E-state index in [1.807, 2.05) is 33.9 Å². The van der Waals surface area contributed by atoms with Gasteiger partial charge in [0.2, 0.25) is 5.91 Å². The van der Waals surface area contributed by atoms with Crippen LogP contribution in [0.25, 0.3) is 0 Å². The maximum absolute atomic E-state index is 13.7. The summed E-state index contributed by atoms with van der Waals surface area (Å²) in [5, 5.41) is 11.6. The third-order valence-electron chi connectivity index (χ3n) is 7.00. The third-order valence-corrected chi connectivity index (χ3v) is 7.00. The molecule has 2 aromatic carbocycles. The molecule has 0 saturated carbocycles. The van der Waals surface area contributed by atoms with Crippen molar-refractivity contribution in [3.05, 3.63) is 71.8 Å². The number of hydrogen-bond donors (Lipinski definition) is 1. The van der Waals surface area contributed by atoms with E-state index in [2.05, 4.69) is 11.9 Å². The minimum Gasteiger partial charge on any atom is -0.493 e. The van der Waals surface area contributed by atoms with Gasteiger partial charge in [-0.1, -0.05) is 13.0 Å². The van der Waals surface area contributed by atoms with Crippen LogP contribution in [0.5, 0.6) is 17.2 Å². The Balaban J connectivity index is 1.47. The Morgan fingerprint density at radius 1 is 1.05 bits per heavy atom. The van der Waals surface area contributed by atoms with E-state index in [0.29, 0.717) is 44.3 Å². The number of β-amino-alcohol motifs (C(OH)–C–C–N with tert-alkyl or cyclic N) is 1. The highest BCUT2D eigenvalue weighted by Gasteiger charge is 2.37. The van der Waals surface area contributed by atoms with Crippen molar-refractivity contribution in [2.75, 3.05) is 60.2 Å². The number of nitrogens with zero attached hydrogens (tertiary/aromatic N) is 4. The second kappa shape index (κ2) is 14.4. The Hall–Kier alpha value is -3.74. The average Bonchev–Trinajstić information content (AvgIpc) is 3.34. The third kappa shape index (κ3) is 8.40. The van der Waals surface area contributed by atoms with Crippen molar-refractivity contribution in [3.63, 3.8) is 0 Å². The van der Waals surface area contributed by atoms with Crippen molar-refractivity contribution >= 4 is 5.91 Å². The molecule has 228 valence electrons. The summed E-state index contributed by atoms with van der Waals surface area (Å²) in [7, 11) is 3.01. The van der Waals surface area contributed by atoms with Crippen LogP contribution in [0, 0.1) is 11.6 Å². The highest BCUT2D eigenvalue weighted by Crippen LogP contribution is 2.29. The van der Waals surface area contributed by atoms with Gasteiger partial charge in [0.15, 0.2) is 11.5 Å². The van der Waals surface area contributed by atoms with Gasteiger partial charge in [0.1, 0.15) is 48.6 Å². The van der Waals surface area contributed by atoms with E-state index in [1.54, 1.807) is 13.3 Å². The standard InChI is InChI=1S/C30H38F2N4O6/c1-4-28-33-7-8-35(28)11-12-41-27-13-22(5-6-26(27)40-3)17-34-9-10-36(29(37)18-39-2)20-30(38,19-34)21-42-25-15-23(31)14-24(32)16-25/h5-8,13-16,38H,4,9-12,17-21H2,1-3H3. The first-order valence-corrected chi connectivity index (χ1v) is 13.8. The van der Waals surface area contributed by atoms with Gasteiger partial charge >= 0.3 is 0 Å². The Labute approximate surface area is 244 Å². The van der Waals surface area contributed by atoms with E-state index in [4.69, 9.17) is 18.9 Å². The molecule has 42 heavy (non-hydrogen) atoms. The predicted molar refractivity (Wildman–Crippen MR) is 151 cm³/mol. The van der Waals surface area contributed by atoms with Gasteiger partial charge in [-0.3, -0.25) is 9.69 Å². The second-order valence-electron chi connectivity index (χ2n) is 10.3. The molecule has 1 saturated heterocycles. The number of aromatic nitrogens is 2. The van der Waals surface area contributed by atoms with Crippen molar-refractivity contribution in [1.82, 2.24) is 19.4 Å². The molecular formula is C30H38F2N4O6. The molecule has 1 amide bonds. The number of hydrogen-bond acceptors (Lipinski definition) is 8. The van der Waals surface area contributed by atoms with Crippen LogP contribution in [0.2, 0.25) is 0 Å². The van der Waals surface area contributed by atoms with Gasteiger partial charge in [-0.25, -0.2) is 13.8 Å². The zero-order valence-corrected chi connectivity index (χ0v) is 24.2. The smallest absolute Gasteiger partial charge is 0.248 e. The number of aliphatic hydroxyl groups is 1. The lowest BCUT2D eigenvalue weighted by atomic mass is 10.0. The highest BCUT2D eigenvalue weighted by atomic mass is 19.1. The largest absolute Gasteiger partial charge is 0.493 e. The molecule has 1 aromatic heterocycles. The number of ether oxygens (including phenoxy) is 4. The molecule has 1 unspecified atom stereocenters. The number of amides is 1. The maximum Gasteiger partial charge on any atom is 0.248 e. The molecule has 10 nitrogen and oxygen atoms in total. The van der Waals surface area contributed by atoms with Crippen LogP contribution < -0.4 is 14.2 Å². The number of rotatable bonds is 13. The molecule has 1 N–H and O–H groups in total. The van der Waals surface area contributed by atoms with E-state index in [-0.39, 0.29) is 38.0 Å². The molecule has 4 rings (SSSR count). The fourth-order valence-electron chi connectivity index (χ4n) is 5.03. The molecule has 3 aromatic rings. The Bertz CT molecular complexity index is 1320. The molecule has 2 heterocycles. The predicted octanol–water partition coefficient (Wildman–Crippen LogP) is 2.91. The number of halogens is 2. The van der Waals surface area contributed by atoms with Gasteiger partial charge < -0.3 is 33.5 Å². The molecule has 1 aliphatic heterocycles. The lowest BCUT2D eigenvalue weighted by Gasteiger charge is -2.33. The second-order valence-corrected chi connectivity index (χ2v) is 10.3. The van der Waals surface area contributed by atoms with E-state index in [0.717, 1.165) is 36.0 Å². The van der Waals surface area contributed by atoms with Crippen LogP contribution in [0.3, 0.4) is 0 Å². The van der Waals surface area contributed by atoms with Crippen LogP contribution in [0.15, 0.2) is 48.8 Å². The zero-order valence-electron chi connectivity index (χ0n) is 24.2. The van der Waals surface area contributed by atoms with Crippen LogP contribution >= 0.6 is 0 Å². The van der Waals surface area contributed by atoms with Gasteiger partial charge in [-0.2, -0.15) is 0 Å². The van der Waals surface area contributed by atoms with Gasteiger partial charge in [0.25, 0.3) is 0 Å². The Morgan fingerprint density at radius 3 is 2.55 bits per heavy atom. The number of benzene rings is 2. The highest BCUT2D eigenvalue weighted by molar-refractivity contribution is 5.77. The monoisotopic (exact) mass is 588 g/mol. The van der Waals surface area contributed by atoms with Crippen LogP contribution in [0.4, 0.5) is 8.78 Å². The molecule has 0 aliphatic carbocycles. The molecular weight excluding hydrogens is 550 g/mol. The van der Waals surface area contributed by atoms with Crippen LogP contribution in [-0.4, -0.2) is 96.2 Å². The maximum atomic E-state index is 13.7. The molecule has 1 fully saturated rings. The van der Waals surface area contributed by atoms with Crippen molar-refractivity contribution in [2.45, 2.75) is 32.0 Å². The summed E-state index contributed by atoms with van der Waals surface area (Å²) in [4.78, 5) is 20.6. The summed E-state index contributed by atoms with van der Waals surface area (Å²) in [6, 6.07) is 8.48.